The summed E-state index contributed by atoms with van der Waals surface area (Å²) in [6.07, 6.45) is -1.46. The van der Waals surface area contributed by atoms with Crippen LogP contribution in [-0.4, -0.2) is 110 Å². The number of carbonyl (C=O) groups excluding carboxylic acids is 2. The van der Waals surface area contributed by atoms with Crippen molar-refractivity contribution in [3.8, 4) is 11.4 Å². The first-order valence-corrected chi connectivity index (χ1v) is 18.0. The number of aliphatic hydroxyl groups is 2. The summed E-state index contributed by atoms with van der Waals surface area (Å²) in [5.41, 5.74) is 2.27. The maximum absolute atomic E-state index is 13.9. The Morgan fingerprint density at radius 3 is 2.52 bits per heavy atom. The lowest BCUT2D eigenvalue weighted by atomic mass is 9.91. The second-order valence-corrected chi connectivity index (χ2v) is 14.4. The smallest absolute Gasteiger partial charge is 0.405 e. The van der Waals surface area contributed by atoms with Gasteiger partial charge in [0.1, 0.15) is 31.0 Å². The number of hydrogen-bond acceptors (Lipinski definition) is 9. The van der Waals surface area contributed by atoms with Crippen molar-refractivity contribution in [2.75, 3.05) is 39.3 Å². The number of piperazine rings is 1. The molecule has 15 heteroatoms. The molecule has 4 heterocycles. The molecule has 288 valence electrons. The highest BCUT2D eigenvalue weighted by Gasteiger charge is 2.42. The van der Waals surface area contributed by atoms with Crippen LogP contribution in [0.3, 0.4) is 0 Å². The third kappa shape index (κ3) is 9.45. The molecule has 2 aliphatic heterocycles. The van der Waals surface area contributed by atoms with Crippen LogP contribution in [0, 0.1) is 5.92 Å². The van der Waals surface area contributed by atoms with E-state index >= 15 is 0 Å². The Morgan fingerprint density at radius 1 is 1.02 bits per heavy atom. The molecule has 0 unspecified atom stereocenters. The Morgan fingerprint density at radius 2 is 1.78 bits per heavy atom. The number of alkyl halides is 3. The first-order valence-electron chi connectivity index (χ1n) is 18.0. The van der Waals surface area contributed by atoms with Gasteiger partial charge in [-0.3, -0.25) is 24.4 Å². The summed E-state index contributed by atoms with van der Waals surface area (Å²) >= 11 is 0. The monoisotopic (exact) mass is 749 g/mol. The third-order valence-corrected chi connectivity index (χ3v) is 10.2. The van der Waals surface area contributed by atoms with Gasteiger partial charge in [0.15, 0.2) is 0 Å². The fourth-order valence-electron chi connectivity index (χ4n) is 7.19. The van der Waals surface area contributed by atoms with E-state index in [4.69, 9.17) is 9.84 Å². The van der Waals surface area contributed by atoms with Gasteiger partial charge in [-0.05, 0) is 62.6 Å². The van der Waals surface area contributed by atoms with E-state index in [2.05, 4.69) is 10.3 Å². The molecule has 0 saturated carbocycles. The average molecular weight is 750 g/mol. The fraction of sp³-hybridized carbons (Fsp3) is 0.436. The molecule has 0 bridgehead atoms. The molecular formula is C39H46F3N7O5. The molecule has 2 aromatic carbocycles. The quantitative estimate of drug-likeness (QED) is 0.162. The lowest BCUT2D eigenvalue weighted by molar-refractivity contribution is -0.144. The summed E-state index contributed by atoms with van der Waals surface area (Å²) in [4.78, 5) is 35.3. The summed E-state index contributed by atoms with van der Waals surface area (Å²) < 4.78 is 47.1. The van der Waals surface area contributed by atoms with E-state index < -0.39 is 60.3 Å². The number of pyridine rings is 1. The van der Waals surface area contributed by atoms with Crippen molar-refractivity contribution in [3.05, 3.63) is 108 Å². The number of para-hydroxylation sites is 2. The van der Waals surface area contributed by atoms with Gasteiger partial charge in [0, 0.05) is 56.3 Å². The van der Waals surface area contributed by atoms with Crippen molar-refractivity contribution in [2.45, 2.75) is 62.7 Å². The molecule has 4 N–H and O–H groups in total. The van der Waals surface area contributed by atoms with E-state index in [-0.39, 0.29) is 39.1 Å². The number of rotatable bonds is 13. The number of aliphatic hydroxyl groups excluding tert-OH is 2. The lowest BCUT2D eigenvalue weighted by Gasteiger charge is -2.47. The minimum Gasteiger partial charge on any atom is -0.490 e. The van der Waals surface area contributed by atoms with Crippen molar-refractivity contribution < 1.29 is 37.7 Å². The van der Waals surface area contributed by atoms with Crippen molar-refractivity contribution >= 4 is 11.8 Å². The summed E-state index contributed by atoms with van der Waals surface area (Å²) in [7, 11) is 0. The number of halogens is 3. The molecule has 54 heavy (non-hydrogen) atoms. The molecule has 2 amide bonds. The molecule has 1 saturated heterocycles. The maximum Gasteiger partial charge on any atom is 0.405 e. The molecule has 2 aromatic heterocycles. The average Bonchev–Trinajstić information content (AvgIpc) is 3.67. The lowest BCUT2D eigenvalue weighted by Crippen LogP contribution is -2.63. The SMILES string of the molecule is CC(C)(c1ccn(-c2ccccc2)n1)N1CCN(C[C@@H](O)C[C@@H](Cc2cccnc2)C(=O)N[C@H]2c3ccccc3OC[C@H]2O)[C@H](C(=O)NCC(F)(F)F)C1. The van der Waals surface area contributed by atoms with Crippen LogP contribution in [0.15, 0.2) is 91.4 Å². The van der Waals surface area contributed by atoms with Gasteiger partial charge in [0.25, 0.3) is 0 Å². The van der Waals surface area contributed by atoms with Gasteiger partial charge < -0.3 is 25.6 Å². The van der Waals surface area contributed by atoms with Crippen LogP contribution in [0.25, 0.3) is 5.69 Å². The second-order valence-electron chi connectivity index (χ2n) is 14.4. The number of nitrogens with one attached hydrogen (secondary N) is 2. The highest BCUT2D eigenvalue weighted by molar-refractivity contribution is 5.82. The maximum atomic E-state index is 13.9. The van der Waals surface area contributed by atoms with Gasteiger partial charge in [0.2, 0.25) is 11.8 Å². The van der Waals surface area contributed by atoms with Gasteiger partial charge in [-0.1, -0.05) is 42.5 Å². The van der Waals surface area contributed by atoms with E-state index in [1.54, 1.807) is 52.3 Å². The number of fused-ring (bicyclic) bond motifs is 1. The van der Waals surface area contributed by atoms with Crippen LogP contribution < -0.4 is 15.4 Å². The first-order chi connectivity index (χ1) is 25.8. The Hall–Kier alpha value is -4.83. The zero-order valence-corrected chi connectivity index (χ0v) is 30.2. The van der Waals surface area contributed by atoms with Crippen LogP contribution in [0.5, 0.6) is 5.75 Å². The highest BCUT2D eigenvalue weighted by Crippen LogP contribution is 2.33. The minimum absolute atomic E-state index is 0.00660. The summed E-state index contributed by atoms with van der Waals surface area (Å²) in [5.74, 6) is -1.44. The largest absolute Gasteiger partial charge is 0.490 e. The van der Waals surface area contributed by atoms with E-state index in [9.17, 15) is 33.0 Å². The standard InChI is InChI=1S/C39H46F3N7O5/c1-38(2,34-14-16-49(46-34)28-10-4-3-5-11-28)48-18-17-47(31(23-48)37(53)44-25-39(40,41)42)22-29(50)20-27(19-26-9-8-15-43-21-26)36(52)45-35-30-12-6-7-13-33(30)54-24-32(35)51/h3-16,21,27,29,31-32,35,50-51H,17-20,22-25H2,1-2H3,(H,44,53)(H,45,52)/t27-,29+,31+,32-,35+/m1/s1. The third-order valence-electron chi connectivity index (χ3n) is 10.2. The van der Waals surface area contributed by atoms with E-state index in [1.807, 2.05) is 72.7 Å². The molecule has 6 rings (SSSR count). The van der Waals surface area contributed by atoms with Crippen molar-refractivity contribution in [2.24, 2.45) is 5.92 Å². The summed E-state index contributed by atoms with van der Waals surface area (Å²) in [6, 6.07) is 20.4. The Bertz CT molecular complexity index is 1860. The molecule has 5 atom stereocenters. The van der Waals surface area contributed by atoms with Crippen LogP contribution in [-0.2, 0) is 21.5 Å². The number of ether oxygens (including phenoxy) is 1. The molecular weight excluding hydrogens is 703 g/mol. The number of nitrogens with zero attached hydrogens (tertiary/aromatic N) is 5. The van der Waals surface area contributed by atoms with Crippen LogP contribution in [0.4, 0.5) is 13.2 Å². The number of benzene rings is 2. The number of carbonyl (C=O) groups is 2. The van der Waals surface area contributed by atoms with Crippen LogP contribution in [0.1, 0.15) is 43.1 Å². The topological polar surface area (TPSA) is 145 Å². The van der Waals surface area contributed by atoms with Gasteiger partial charge in [-0.25, -0.2) is 4.68 Å². The van der Waals surface area contributed by atoms with Gasteiger partial charge in [-0.2, -0.15) is 18.3 Å². The predicted octanol–water partition coefficient (Wildman–Crippen LogP) is 3.39. The van der Waals surface area contributed by atoms with Crippen molar-refractivity contribution in [1.82, 2.24) is 35.2 Å². The second kappa shape index (κ2) is 16.7. The van der Waals surface area contributed by atoms with Crippen LogP contribution >= 0.6 is 0 Å². The van der Waals surface area contributed by atoms with Crippen LogP contribution in [0.2, 0.25) is 0 Å². The zero-order valence-electron chi connectivity index (χ0n) is 30.2. The number of hydrogen-bond donors (Lipinski definition) is 4. The zero-order chi connectivity index (χ0) is 38.5. The number of amides is 2. The van der Waals surface area contributed by atoms with E-state index in [1.165, 1.54) is 0 Å². The molecule has 12 nitrogen and oxygen atoms in total. The normalized spacial score (nSPS) is 20.7. The fourth-order valence-corrected chi connectivity index (χ4v) is 7.19. The molecule has 4 aromatic rings. The van der Waals surface area contributed by atoms with Crippen molar-refractivity contribution in [1.29, 1.82) is 0 Å². The Kier molecular flexibility index (Phi) is 12.0. The Balaban J connectivity index is 1.18. The van der Waals surface area contributed by atoms with Gasteiger partial charge in [-0.15, -0.1) is 0 Å². The summed E-state index contributed by atoms with van der Waals surface area (Å²) in [6.45, 7) is 3.11. The molecule has 2 aliphatic rings. The summed E-state index contributed by atoms with van der Waals surface area (Å²) in [5, 5.41) is 32.1. The molecule has 1 fully saturated rings. The minimum atomic E-state index is -4.61. The molecule has 0 aliphatic carbocycles. The number of β-amino-alcohol motifs (C(OH)–C–C–N with tert-alkyl or cyclic N) is 1. The highest BCUT2D eigenvalue weighted by atomic mass is 19.4. The first kappa shape index (κ1) is 38.9. The predicted molar refractivity (Wildman–Crippen MR) is 193 cm³/mol. The number of aromatic nitrogens is 3. The molecule has 0 radical (unpaired) electrons. The Labute approximate surface area is 311 Å². The van der Waals surface area contributed by atoms with Crippen molar-refractivity contribution in [3.63, 3.8) is 0 Å². The van der Waals surface area contributed by atoms with E-state index in [0.29, 0.717) is 17.9 Å². The van der Waals surface area contributed by atoms with Gasteiger partial charge >= 0.3 is 6.18 Å². The van der Waals surface area contributed by atoms with Gasteiger partial charge in [0.05, 0.1) is 29.1 Å². The van der Waals surface area contributed by atoms with E-state index in [0.717, 1.165) is 16.9 Å². The molecule has 0 spiro atoms.